The number of benzene rings is 1. The standard InChI is InChI=1S/C19H24N4O3S/c1-14-12-21-18(13-20-14)19(24)22-15-8-10-17(11-9-15)27(25,26)23(2)16-6-4-3-5-7-16/h8-13,16H,3-7H2,1-2H3,(H,22,24). The Kier molecular flexibility index (Phi) is 5.86. The molecular formula is C19H24N4O3S. The van der Waals surface area contributed by atoms with E-state index in [4.69, 9.17) is 0 Å². The molecule has 0 unspecified atom stereocenters. The molecule has 0 atom stereocenters. The van der Waals surface area contributed by atoms with Gasteiger partial charge in [-0.3, -0.25) is 9.78 Å². The molecule has 2 aromatic rings. The SMILES string of the molecule is Cc1cnc(C(=O)Nc2ccc(S(=O)(=O)N(C)C3CCCCC3)cc2)cn1. The number of hydrogen-bond acceptors (Lipinski definition) is 5. The number of nitrogens with zero attached hydrogens (tertiary/aromatic N) is 3. The van der Waals surface area contributed by atoms with Crippen LogP contribution in [-0.2, 0) is 10.0 Å². The number of amides is 1. The number of sulfonamides is 1. The fourth-order valence-electron chi connectivity index (χ4n) is 3.22. The number of hydrogen-bond donors (Lipinski definition) is 1. The Morgan fingerprint density at radius 2 is 1.74 bits per heavy atom. The second-order valence-electron chi connectivity index (χ2n) is 6.83. The molecule has 1 aliphatic carbocycles. The highest BCUT2D eigenvalue weighted by molar-refractivity contribution is 7.89. The molecule has 7 nitrogen and oxygen atoms in total. The molecule has 3 rings (SSSR count). The van der Waals surface area contributed by atoms with Crippen molar-refractivity contribution in [3.05, 3.63) is 48.0 Å². The second-order valence-corrected chi connectivity index (χ2v) is 8.83. The van der Waals surface area contributed by atoms with Crippen molar-refractivity contribution >= 4 is 21.6 Å². The summed E-state index contributed by atoms with van der Waals surface area (Å²) in [4.78, 5) is 20.5. The minimum atomic E-state index is -3.54. The predicted octanol–water partition coefficient (Wildman–Crippen LogP) is 2.99. The average Bonchev–Trinajstić information content (AvgIpc) is 2.69. The van der Waals surface area contributed by atoms with Gasteiger partial charge in [0.05, 0.1) is 16.8 Å². The van der Waals surface area contributed by atoms with Crippen molar-refractivity contribution in [1.82, 2.24) is 14.3 Å². The molecule has 1 N–H and O–H groups in total. The number of nitrogens with one attached hydrogen (secondary N) is 1. The Morgan fingerprint density at radius 3 is 2.33 bits per heavy atom. The van der Waals surface area contributed by atoms with Crippen LogP contribution in [0.3, 0.4) is 0 Å². The molecule has 0 aliphatic heterocycles. The molecule has 1 aromatic heterocycles. The Hall–Kier alpha value is -2.32. The van der Waals surface area contributed by atoms with Gasteiger partial charge in [0, 0.05) is 25.0 Å². The van der Waals surface area contributed by atoms with Crippen LogP contribution in [0.2, 0.25) is 0 Å². The molecule has 1 saturated carbocycles. The summed E-state index contributed by atoms with van der Waals surface area (Å²) in [5.41, 5.74) is 1.43. The van der Waals surface area contributed by atoms with E-state index in [9.17, 15) is 13.2 Å². The smallest absolute Gasteiger partial charge is 0.275 e. The molecule has 1 aliphatic rings. The summed E-state index contributed by atoms with van der Waals surface area (Å²) in [6.07, 6.45) is 8.04. The lowest BCUT2D eigenvalue weighted by Crippen LogP contribution is -2.38. The van der Waals surface area contributed by atoms with Crippen LogP contribution in [0.4, 0.5) is 5.69 Å². The molecule has 1 amide bonds. The Balaban J connectivity index is 1.70. The van der Waals surface area contributed by atoms with Crippen molar-refractivity contribution in [1.29, 1.82) is 0 Å². The van der Waals surface area contributed by atoms with Gasteiger partial charge in [-0.25, -0.2) is 13.4 Å². The molecule has 27 heavy (non-hydrogen) atoms. The van der Waals surface area contributed by atoms with E-state index in [1.165, 1.54) is 35.3 Å². The molecule has 0 radical (unpaired) electrons. The zero-order valence-corrected chi connectivity index (χ0v) is 16.4. The summed E-state index contributed by atoms with van der Waals surface area (Å²) < 4.78 is 27.2. The van der Waals surface area contributed by atoms with E-state index >= 15 is 0 Å². The second kappa shape index (κ2) is 8.14. The van der Waals surface area contributed by atoms with Crippen LogP contribution in [-0.4, -0.2) is 41.7 Å². The van der Waals surface area contributed by atoms with Crippen LogP contribution in [0, 0.1) is 6.92 Å². The summed E-state index contributed by atoms with van der Waals surface area (Å²) in [6, 6.07) is 6.27. The minimum Gasteiger partial charge on any atom is -0.321 e. The minimum absolute atomic E-state index is 0.0586. The van der Waals surface area contributed by atoms with E-state index in [2.05, 4.69) is 15.3 Å². The fourth-order valence-corrected chi connectivity index (χ4v) is 4.64. The largest absolute Gasteiger partial charge is 0.321 e. The summed E-state index contributed by atoms with van der Waals surface area (Å²) in [5.74, 6) is -0.391. The van der Waals surface area contributed by atoms with Gasteiger partial charge in [-0.05, 0) is 44.0 Å². The van der Waals surface area contributed by atoms with Gasteiger partial charge in [-0.15, -0.1) is 0 Å². The first-order valence-electron chi connectivity index (χ1n) is 9.06. The highest BCUT2D eigenvalue weighted by Gasteiger charge is 2.28. The summed E-state index contributed by atoms with van der Waals surface area (Å²) >= 11 is 0. The van der Waals surface area contributed by atoms with Gasteiger partial charge in [0.15, 0.2) is 0 Å². The first-order chi connectivity index (χ1) is 12.9. The van der Waals surface area contributed by atoms with Gasteiger partial charge in [-0.2, -0.15) is 4.31 Å². The van der Waals surface area contributed by atoms with Crippen molar-refractivity contribution in [2.75, 3.05) is 12.4 Å². The van der Waals surface area contributed by atoms with Crippen LogP contribution >= 0.6 is 0 Å². The first-order valence-corrected chi connectivity index (χ1v) is 10.5. The van der Waals surface area contributed by atoms with E-state index in [1.54, 1.807) is 26.1 Å². The summed E-state index contributed by atoms with van der Waals surface area (Å²) in [5, 5.41) is 2.70. The van der Waals surface area contributed by atoms with Gasteiger partial charge in [-0.1, -0.05) is 19.3 Å². The maximum absolute atomic E-state index is 12.8. The lowest BCUT2D eigenvalue weighted by Gasteiger charge is -2.30. The number of carbonyl (C=O) groups is 1. The van der Waals surface area contributed by atoms with E-state index in [1.807, 2.05) is 0 Å². The van der Waals surface area contributed by atoms with Gasteiger partial charge < -0.3 is 5.32 Å². The van der Waals surface area contributed by atoms with Gasteiger partial charge in [0.25, 0.3) is 5.91 Å². The van der Waals surface area contributed by atoms with E-state index in [-0.39, 0.29) is 16.6 Å². The number of carbonyl (C=O) groups excluding carboxylic acids is 1. The number of rotatable bonds is 5. The number of aromatic nitrogens is 2. The first kappa shape index (κ1) is 19.4. The third-order valence-corrected chi connectivity index (χ3v) is 6.82. The van der Waals surface area contributed by atoms with Crippen molar-refractivity contribution in [3.8, 4) is 0 Å². The molecule has 1 fully saturated rings. The van der Waals surface area contributed by atoms with Crippen LogP contribution < -0.4 is 5.32 Å². The quantitative estimate of drug-likeness (QED) is 0.850. The van der Waals surface area contributed by atoms with E-state index < -0.39 is 15.9 Å². The molecule has 0 spiro atoms. The van der Waals surface area contributed by atoms with Crippen LogP contribution in [0.15, 0.2) is 41.6 Å². The third kappa shape index (κ3) is 4.51. The number of anilines is 1. The van der Waals surface area contributed by atoms with Crippen molar-refractivity contribution < 1.29 is 13.2 Å². The average molecular weight is 388 g/mol. The lowest BCUT2D eigenvalue weighted by molar-refractivity contribution is 0.102. The zero-order chi connectivity index (χ0) is 19.4. The molecule has 1 aromatic carbocycles. The van der Waals surface area contributed by atoms with E-state index in [0.29, 0.717) is 5.69 Å². The maximum atomic E-state index is 12.8. The molecular weight excluding hydrogens is 364 g/mol. The van der Waals surface area contributed by atoms with E-state index in [0.717, 1.165) is 31.4 Å². The van der Waals surface area contributed by atoms with Crippen molar-refractivity contribution in [3.63, 3.8) is 0 Å². The topological polar surface area (TPSA) is 92.3 Å². The highest BCUT2D eigenvalue weighted by atomic mass is 32.2. The molecule has 144 valence electrons. The maximum Gasteiger partial charge on any atom is 0.275 e. The monoisotopic (exact) mass is 388 g/mol. The van der Waals surface area contributed by atoms with Crippen LogP contribution in [0.1, 0.15) is 48.3 Å². The fraction of sp³-hybridized carbons (Fsp3) is 0.421. The molecule has 0 saturated heterocycles. The van der Waals surface area contributed by atoms with Gasteiger partial charge in [0.1, 0.15) is 5.69 Å². The normalized spacial score (nSPS) is 15.7. The van der Waals surface area contributed by atoms with Gasteiger partial charge in [0.2, 0.25) is 10.0 Å². The Morgan fingerprint density at radius 1 is 1.07 bits per heavy atom. The van der Waals surface area contributed by atoms with Gasteiger partial charge >= 0.3 is 0 Å². The zero-order valence-electron chi connectivity index (χ0n) is 15.6. The predicted molar refractivity (Wildman–Crippen MR) is 103 cm³/mol. The highest BCUT2D eigenvalue weighted by Crippen LogP contribution is 2.27. The third-order valence-electron chi connectivity index (χ3n) is 4.89. The van der Waals surface area contributed by atoms with Crippen LogP contribution in [0.25, 0.3) is 0 Å². The summed E-state index contributed by atoms with van der Waals surface area (Å²) in [6.45, 7) is 1.79. The Bertz CT molecular complexity index is 890. The number of aryl methyl sites for hydroxylation is 1. The molecule has 1 heterocycles. The van der Waals surface area contributed by atoms with Crippen molar-refractivity contribution in [2.24, 2.45) is 0 Å². The Labute approximate surface area is 159 Å². The van der Waals surface area contributed by atoms with Crippen LogP contribution in [0.5, 0.6) is 0 Å². The summed E-state index contributed by atoms with van der Waals surface area (Å²) in [7, 11) is -1.89. The molecule has 0 bridgehead atoms. The molecule has 8 heteroatoms. The lowest BCUT2D eigenvalue weighted by atomic mass is 9.96. The van der Waals surface area contributed by atoms with Crippen molar-refractivity contribution in [2.45, 2.75) is 50.0 Å².